The molecule has 2 N–H and O–H groups in total. The Morgan fingerprint density at radius 1 is 1.53 bits per heavy atom. The molecule has 0 amide bonds. The van der Waals surface area contributed by atoms with Gasteiger partial charge < -0.3 is 9.84 Å². The van der Waals surface area contributed by atoms with Gasteiger partial charge >= 0.3 is 5.97 Å². The molecule has 1 rings (SSSR count). The van der Waals surface area contributed by atoms with Gasteiger partial charge in [-0.05, 0) is 18.6 Å². The maximum Gasteiger partial charge on any atom is 0.323 e. The molecular formula is C12H16ClNO3. The Morgan fingerprint density at radius 3 is 2.71 bits per heavy atom. The van der Waals surface area contributed by atoms with Crippen LogP contribution in [0.2, 0.25) is 5.02 Å². The second-order valence-electron chi connectivity index (χ2n) is 3.76. The van der Waals surface area contributed by atoms with E-state index in [0.717, 1.165) is 5.56 Å². The average Bonchev–Trinajstić information content (AvgIpc) is 2.28. The van der Waals surface area contributed by atoms with Gasteiger partial charge in [-0.15, -0.1) is 0 Å². The number of hydrogen-bond donors (Lipinski definition) is 2. The standard InChI is InChI=1S/C12H16ClNO3/c1-8(9-5-3-4-6-10(9)13)14-11(7-17-2)12(15)16/h3-6,8,11,14H,7H2,1-2H3,(H,15,16). The van der Waals surface area contributed by atoms with Crippen molar-refractivity contribution in [1.29, 1.82) is 0 Å². The lowest BCUT2D eigenvalue weighted by Crippen LogP contribution is -2.41. The summed E-state index contributed by atoms with van der Waals surface area (Å²) in [6.45, 7) is 1.98. The van der Waals surface area contributed by atoms with E-state index >= 15 is 0 Å². The van der Waals surface area contributed by atoms with Crippen LogP contribution in [0.1, 0.15) is 18.5 Å². The maximum absolute atomic E-state index is 11.0. The summed E-state index contributed by atoms with van der Waals surface area (Å²) in [5, 5.41) is 12.6. The van der Waals surface area contributed by atoms with Crippen molar-refractivity contribution in [2.24, 2.45) is 0 Å². The molecule has 0 spiro atoms. The van der Waals surface area contributed by atoms with E-state index in [2.05, 4.69) is 5.32 Å². The van der Waals surface area contributed by atoms with Crippen LogP contribution in [-0.4, -0.2) is 30.8 Å². The first kappa shape index (κ1) is 14.0. The molecule has 0 aliphatic heterocycles. The highest BCUT2D eigenvalue weighted by Gasteiger charge is 2.20. The molecule has 94 valence electrons. The predicted molar refractivity (Wildman–Crippen MR) is 66.3 cm³/mol. The second kappa shape index (κ2) is 6.59. The molecule has 5 heteroatoms. The number of methoxy groups -OCH3 is 1. The van der Waals surface area contributed by atoms with Crippen LogP contribution >= 0.6 is 11.6 Å². The quantitative estimate of drug-likeness (QED) is 0.819. The number of rotatable bonds is 6. The molecule has 0 aromatic heterocycles. The third-order valence-electron chi connectivity index (χ3n) is 2.45. The van der Waals surface area contributed by atoms with Gasteiger partial charge in [0.15, 0.2) is 0 Å². The first-order chi connectivity index (χ1) is 8.06. The molecule has 0 heterocycles. The zero-order valence-electron chi connectivity index (χ0n) is 9.81. The van der Waals surface area contributed by atoms with Crippen molar-refractivity contribution in [3.8, 4) is 0 Å². The second-order valence-corrected chi connectivity index (χ2v) is 4.16. The highest BCUT2D eigenvalue weighted by Crippen LogP contribution is 2.22. The summed E-state index contributed by atoms with van der Waals surface area (Å²) in [4.78, 5) is 11.0. The van der Waals surface area contributed by atoms with Crippen molar-refractivity contribution in [3.05, 3.63) is 34.9 Å². The Morgan fingerprint density at radius 2 is 2.18 bits per heavy atom. The van der Waals surface area contributed by atoms with Crippen LogP contribution in [0.15, 0.2) is 24.3 Å². The van der Waals surface area contributed by atoms with E-state index in [4.69, 9.17) is 21.4 Å². The van der Waals surface area contributed by atoms with Gasteiger partial charge in [0.2, 0.25) is 0 Å². The Kier molecular flexibility index (Phi) is 5.41. The Hall–Kier alpha value is -1.10. The first-order valence-electron chi connectivity index (χ1n) is 5.28. The summed E-state index contributed by atoms with van der Waals surface area (Å²) in [6.07, 6.45) is 0. The number of carboxylic acid groups (broad SMARTS) is 1. The molecule has 0 aliphatic rings. The molecule has 0 radical (unpaired) electrons. The number of hydrogen-bond acceptors (Lipinski definition) is 3. The lowest BCUT2D eigenvalue weighted by molar-refractivity contribution is -0.141. The van der Waals surface area contributed by atoms with Crippen molar-refractivity contribution in [1.82, 2.24) is 5.32 Å². The van der Waals surface area contributed by atoms with E-state index in [1.807, 2.05) is 25.1 Å². The first-order valence-corrected chi connectivity index (χ1v) is 5.66. The number of nitrogens with one attached hydrogen (secondary N) is 1. The summed E-state index contributed by atoms with van der Waals surface area (Å²) in [5.41, 5.74) is 0.872. The Labute approximate surface area is 106 Å². The molecule has 0 aliphatic carbocycles. The molecule has 1 aromatic carbocycles. The minimum absolute atomic E-state index is 0.115. The van der Waals surface area contributed by atoms with Crippen LogP contribution < -0.4 is 5.32 Å². The van der Waals surface area contributed by atoms with Crippen molar-refractivity contribution < 1.29 is 14.6 Å². The summed E-state index contributed by atoms with van der Waals surface area (Å²) in [6, 6.07) is 6.45. The highest BCUT2D eigenvalue weighted by molar-refractivity contribution is 6.31. The van der Waals surface area contributed by atoms with E-state index in [-0.39, 0.29) is 12.6 Å². The van der Waals surface area contributed by atoms with E-state index < -0.39 is 12.0 Å². The maximum atomic E-state index is 11.0. The number of benzene rings is 1. The van der Waals surface area contributed by atoms with Gasteiger partial charge in [0, 0.05) is 18.2 Å². The third kappa shape index (κ3) is 4.00. The number of ether oxygens (including phenoxy) is 1. The van der Waals surface area contributed by atoms with Gasteiger partial charge in [0.25, 0.3) is 0 Å². The van der Waals surface area contributed by atoms with E-state index in [0.29, 0.717) is 5.02 Å². The Bertz CT molecular complexity index is 384. The zero-order chi connectivity index (χ0) is 12.8. The van der Waals surface area contributed by atoms with Gasteiger partial charge in [-0.3, -0.25) is 10.1 Å². The fourth-order valence-electron chi connectivity index (χ4n) is 1.58. The summed E-state index contributed by atoms with van der Waals surface area (Å²) in [5.74, 6) is -0.939. The fourth-order valence-corrected chi connectivity index (χ4v) is 1.87. The van der Waals surface area contributed by atoms with Gasteiger partial charge in [0.05, 0.1) is 6.61 Å². The van der Waals surface area contributed by atoms with Gasteiger partial charge in [-0.2, -0.15) is 0 Å². The molecule has 2 atom stereocenters. The minimum Gasteiger partial charge on any atom is -0.480 e. The average molecular weight is 258 g/mol. The third-order valence-corrected chi connectivity index (χ3v) is 2.80. The largest absolute Gasteiger partial charge is 0.480 e. The molecule has 4 nitrogen and oxygen atoms in total. The molecule has 0 saturated heterocycles. The number of carbonyl (C=O) groups is 1. The minimum atomic E-state index is -0.939. The van der Waals surface area contributed by atoms with Crippen LogP contribution in [0.25, 0.3) is 0 Å². The SMILES string of the molecule is COCC(NC(C)c1ccccc1Cl)C(=O)O. The summed E-state index contributed by atoms with van der Waals surface area (Å²) >= 11 is 6.04. The zero-order valence-corrected chi connectivity index (χ0v) is 10.6. The lowest BCUT2D eigenvalue weighted by Gasteiger charge is -2.20. The van der Waals surface area contributed by atoms with Gasteiger partial charge in [0.1, 0.15) is 6.04 Å². The normalized spacial score (nSPS) is 14.3. The topological polar surface area (TPSA) is 58.6 Å². The van der Waals surface area contributed by atoms with Crippen LogP contribution in [-0.2, 0) is 9.53 Å². The molecular weight excluding hydrogens is 242 g/mol. The Balaban J connectivity index is 2.73. The van der Waals surface area contributed by atoms with E-state index in [9.17, 15) is 4.79 Å². The molecule has 0 fully saturated rings. The lowest BCUT2D eigenvalue weighted by atomic mass is 10.1. The monoisotopic (exact) mass is 257 g/mol. The summed E-state index contributed by atoms with van der Waals surface area (Å²) < 4.78 is 4.86. The molecule has 17 heavy (non-hydrogen) atoms. The fraction of sp³-hybridized carbons (Fsp3) is 0.417. The van der Waals surface area contributed by atoms with E-state index in [1.54, 1.807) is 6.07 Å². The van der Waals surface area contributed by atoms with Crippen molar-refractivity contribution in [3.63, 3.8) is 0 Å². The van der Waals surface area contributed by atoms with Crippen molar-refractivity contribution >= 4 is 17.6 Å². The van der Waals surface area contributed by atoms with Crippen LogP contribution in [0, 0.1) is 0 Å². The predicted octanol–water partition coefficient (Wildman–Crippen LogP) is 2.09. The molecule has 0 bridgehead atoms. The van der Waals surface area contributed by atoms with Crippen LogP contribution in [0.3, 0.4) is 0 Å². The van der Waals surface area contributed by atoms with Gasteiger partial charge in [-0.1, -0.05) is 29.8 Å². The van der Waals surface area contributed by atoms with Crippen molar-refractivity contribution in [2.75, 3.05) is 13.7 Å². The number of halogens is 1. The van der Waals surface area contributed by atoms with Crippen molar-refractivity contribution in [2.45, 2.75) is 19.0 Å². The smallest absolute Gasteiger partial charge is 0.323 e. The highest BCUT2D eigenvalue weighted by atomic mass is 35.5. The van der Waals surface area contributed by atoms with Crippen LogP contribution in [0.4, 0.5) is 0 Å². The van der Waals surface area contributed by atoms with Gasteiger partial charge in [-0.25, -0.2) is 0 Å². The molecule has 0 saturated carbocycles. The molecule has 2 unspecified atom stereocenters. The number of carboxylic acids is 1. The van der Waals surface area contributed by atoms with Crippen LogP contribution in [0.5, 0.6) is 0 Å². The van der Waals surface area contributed by atoms with E-state index in [1.165, 1.54) is 7.11 Å². The number of aliphatic carboxylic acids is 1. The molecule has 1 aromatic rings. The summed E-state index contributed by atoms with van der Waals surface area (Å²) in [7, 11) is 1.47.